The lowest BCUT2D eigenvalue weighted by molar-refractivity contribution is -0.385. The van der Waals surface area contributed by atoms with E-state index in [4.69, 9.17) is 4.74 Å². The number of rotatable bonds is 5. The number of methoxy groups -OCH3 is 1. The molecule has 7 heteroatoms. The van der Waals surface area contributed by atoms with E-state index in [9.17, 15) is 19.3 Å². The lowest BCUT2D eigenvalue weighted by Gasteiger charge is -2.09. The van der Waals surface area contributed by atoms with Crippen molar-refractivity contribution in [2.75, 3.05) is 12.4 Å². The van der Waals surface area contributed by atoms with Crippen LogP contribution in [0.15, 0.2) is 36.4 Å². The van der Waals surface area contributed by atoms with Gasteiger partial charge in [0.05, 0.1) is 29.7 Å². The molecule has 1 N–H and O–H groups in total. The van der Waals surface area contributed by atoms with E-state index >= 15 is 0 Å². The number of nitro benzene ring substituents is 1. The molecule has 2 aromatic carbocycles. The molecular formula is C16H15FN2O4. The van der Waals surface area contributed by atoms with Gasteiger partial charge < -0.3 is 10.1 Å². The number of ether oxygens (including phenoxy) is 1. The van der Waals surface area contributed by atoms with Crippen LogP contribution in [0, 0.1) is 22.9 Å². The van der Waals surface area contributed by atoms with Gasteiger partial charge in [-0.2, -0.15) is 0 Å². The summed E-state index contributed by atoms with van der Waals surface area (Å²) >= 11 is 0. The van der Waals surface area contributed by atoms with E-state index in [2.05, 4.69) is 5.32 Å². The molecule has 0 aliphatic rings. The van der Waals surface area contributed by atoms with Gasteiger partial charge in [0.15, 0.2) is 11.6 Å². The molecule has 0 radical (unpaired) electrons. The molecule has 0 unspecified atom stereocenters. The molecule has 0 saturated heterocycles. The average molecular weight is 318 g/mol. The summed E-state index contributed by atoms with van der Waals surface area (Å²) in [7, 11) is 1.36. The number of halogens is 1. The van der Waals surface area contributed by atoms with Crippen LogP contribution in [0.3, 0.4) is 0 Å². The summed E-state index contributed by atoms with van der Waals surface area (Å²) in [6.07, 6.45) is -0.0525. The fourth-order valence-electron chi connectivity index (χ4n) is 2.16. The second kappa shape index (κ2) is 6.87. The molecule has 2 rings (SSSR count). The molecule has 0 saturated carbocycles. The normalized spacial score (nSPS) is 10.2. The van der Waals surface area contributed by atoms with Crippen molar-refractivity contribution in [1.82, 2.24) is 0 Å². The molecule has 0 aliphatic carbocycles. The molecule has 0 bridgehead atoms. The van der Waals surface area contributed by atoms with E-state index in [1.807, 2.05) is 0 Å². The van der Waals surface area contributed by atoms with Crippen molar-refractivity contribution in [1.29, 1.82) is 0 Å². The number of nitrogens with zero attached hydrogens (tertiary/aromatic N) is 1. The van der Waals surface area contributed by atoms with Crippen LogP contribution in [-0.4, -0.2) is 17.9 Å². The molecule has 0 atom stereocenters. The second-order valence-electron chi connectivity index (χ2n) is 4.90. The van der Waals surface area contributed by atoms with Crippen molar-refractivity contribution in [3.63, 3.8) is 0 Å². The van der Waals surface area contributed by atoms with Gasteiger partial charge in [0.25, 0.3) is 5.69 Å². The van der Waals surface area contributed by atoms with Gasteiger partial charge in [-0.25, -0.2) is 4.39 Å². The van der Waals surface area contributed by atoms with Gasteiger partial charge in [0.2, 0.25) is 5.91 Å². The first-order valence-electron chi connectivity index (χ1n) is 6.78. The maximum atomic E-state index is 13.6. The Morgan fingerprint density at radius 1 is 1.35 bits per heavy atom. The van der Waals surface area contributed by atoms with Crippen molar-refractivity contribution in [3.05, 3.63) is 63.5 Å². The number of hydrogen-bond acceptors (Lipinski definition) is 4. The zero-order valence-corrected chi connectivity index (χ0v) is 12.6. The summed E-state index contributed by atoms with van der Waals surface area (Å²) in [5.41, 5.74) is 1.13. The zero-order chi connectivity index (χ0) is 17.0. The Labute approximate surface area is 132 Å². The minimum absolute atomic E-state index is 0.0525. The van der Waals surface area contributed by atoms with Crippen molar-refractivity contribution in [3.8, 4) is 5.75 Å². The van der Waals surface area contributed by atoms with Crippen LogP contribution < -0.4 is 10.1 Å². The van der Waals surface area contributed by atoms with Crippen LogP contribution in [0.2, 0.25) is 0 Å². The quantitative estimate of drug-likeness (QED) is 0.678. The van der Waals surface area contributed by atoms with E-state index in [1.54, 1.807) is 19.1 Å². The van der Waals surface area contributed by atoms with E-state index in [0.717, 1.165) is 0 Å². The monoisotopic (exact) mass is 318 g/mol. The number of hydrogen-bond donors (Lipinski definition) is 1. The highest BCUT2D eigenvalue weighted by molar-refractivity contribution is 5.93. The Hall–Kier alpha value is -2.96. The highest BCUT2D eigenvalue weighted by Crippen LogP contribution is 2.25. The first-order chi connectivity index (χ1) is 10.9. The second-order valence-corrected chi connectivity index (χ2v) is 4.90. The molecule has 0 spiro atoms. The van der Waals surface area contributed by atoms with Crippen molar-refractivity contribution < 1.29 is 18.8 Å². The lowest BCUT2D eigenvalue weighted by atomic mass is 10.1. The number of nitrogens with one attached hydrogen (secondary N) is 1. The summed E-state index contributed by atoms with van der Waals surface area (Å²) < 4.78 is 18.4. The molecule has 0 fully saturated rings. The van der Waals surface area contributed by atoms with E-state index in [-0.39, 0.29) is 17.9 Å². The predicted molar refractivity (Wildman–Crippen MR) is 83.1 cm³/mol. The highest BCUT2D eigenvalue weighted by Gasteiger charge is 2.15. The molecule has 23 heavy (non-hydrogen) atoms. The van der Waals surface area contributed by atoms with Gasteiger partial charge in [0.1, 0.15) is 0 Å². The predicted octanol–water partition coefficient (Wildman–Crippen LogP) is 3.23. The van der Waals surface area contributed by atoms with Crippen LogP contribution in [-0.2, 0) is 11.2 Å². The fraction of sp³-hybridized carbons (Fsp3) is 0.188. The molecule has 120 valence electrons. The summed E-state index contributed by atoms with van der Waals surface area (Å²) in [4.78, 5) is 22.4. The SMILES string of the molecule is COc1ccc(CC(=O)Nc2cccc([N+](=O)[O-])c2C)cc1F. The Morgan fingerprint density at radius 3 is 2.70 bits per heavy atom. The summed E-state index contributed by atoms with van der Waals surface area (Å²) in [5, 5.41) is 13.5. The zero-order valence-electron chi connectivity index (χ0n) is 12.6. The smallest absolute Gasteiger partial charge is 0.274 e. The minimum atomic E-state index is -0.552. The third kappa shape index (κ3) is 3.82. The maximum absolute atomic E-state index is 13.6. The third-order valence-electron chi connectivity index (χ3n) is 3.36. The molecule has 6 nitrogen and oxygen atoms in total. The first-order valence-corrected chi connectivity index (χ1v) is 6.78. The van der Waals surface area contributed by atoms with E-state index in [1.165, 1.54) is 31.4 Å². The van der Waals surface area contributed by atoms with E-state index < -0.39 is 16.6 Å². The standard InChI is InChI=1S/C16H15FN2O4/c1-10-13(4-3-5-14(10)19(21)22)18-16(20)9-11-6-7-15(23-2)12(17)8-11/h3-8H,9H2,1-2H3,(H,18,20). The number of carbonyl (C=O) groups is 1. The van der Waals surface area contributed by atoms with Crippen molar-refractivity contribution in [2.45, 2.75) is 13.3 Å². The molecule has 0 heterocycles. The molecular weight excluding hydrogens is 303 g/mol. The van der Waals surface area contributed by atoms with Gasteiger partial charge in [-0.05, 0) is 30.7 Å². The Kier molecular flexibility index (Phi) is 4.90. The molecule has 0 aliphatic heterocycles. The molecule has 1 amide bonds. The summed E-state index contributed by atoms with van der Waals surface area (Å²) in [6, 6.07) is 8.68. The minimum Gasteiger partial charge on any atom is -0.494 e. The van der Waals surface area contributed by atoms with Gasteiger partial charge in [0, 0.05) is 6.07 Å². The van der Waals surface area contributed by atoms with Crippen LogP contribution >= 0.6 is 0 Å². The molecule has 2 aromatic rings. The number of nitro groups is 1. The fourth-order valence-corrected chi connectivity index (χ4v) is 2.16. The third-order valence-corrected chi connectivity index (χ3v) is 3.36. The van der Waals surface area contributed by atoms with Crippen molar-refractivity contribution in [2.24, 2.45) is 0 Å². The summed E-state index contributed by atoms with van der Waals surface area (Å²) in [5.74, 6) is -0.841. The van der Waals surface area contributed by atoms with Crippen molar-refractivity contribution >= 4 is 17.3 Å². The first kappa shape index (κ1) is 16.4. The number of benzene rings is 2. The van der Waals surface area contributed by atoms with Crippen LogP contribution in [0.5, 0.6) is 5.75 Å². The highest BCUT2D eigenvalue weighted by atomic mass is 19.1. The Bertz CT molecular complexity index is 762. The molecule has 0 aromatic heterocycles. The van der Waals surface area contributed by atoms with Gasteiger partial charge >= 0.3 is 0 Å². The number of carbonyl (C=O) groups excluding carboxylic acids is 1. The van der Waals surface area contributed by atoms with Gasteiger partial charge in [-0.3, -0.25) is 14.9 Å². The Balaban J connectivity index is 2.13. The van der Waals surface area contributed by atoms with Crippen LogP contribution in [0.1, 0.15) is 11.1 Å². The van der Waals surface area contributed by atoms with E-state index in [0.29, 0.717) is 16.8 Å². The largest absolute Gasteiger partial charge is 0.494 e. The summed E-state index contributed by atoms with van der Waals surface area (Å²) in [6.45, 7) is 1.56. The Morgan fingerprint density at radius 2 is 2.09 bits per heavy atom. The number of anilines is 1. The average Bonchev–Trinajstić information content (AvgIpc) is 2.49. The van der Waals surface area contributed by atoms with Crippen LogP contribution in [0.25, 0.3) is 0 Å². The van der Waals surface area contributed by atoms with Gasteiger partial charge in [-0.15, -0.1) is 0 Å². The topological polar surface area (TPSA) is 81.5 Å². The maximum Gasteiger partial charge on any atom is 0.274 e. The van der Waals surface area contributed by atoms with Crippen LogP contribution in [0.4, 0.5) is 15.8 Å². The van der Waals surface area contributed by atoms with Gasteiger partial charge in [-0.1, -0.05) is 12.1 Å². The number of amides is 1. The lowest BCUT2D eigenvalue weighted by Crippen LogP contribution is -2.15.